The highest BCUT2D eigenvalue weighted by molar-refractivity contribution is 5.89. The van der Waals surface area contributed by atoms with E-state index >= 15 is 0 Å². The highest BCUT2D eigenvalue weighted by Crippen LogP contribution is 2.29. The molecule has 0 aliphatic heterocycles. The Labute approximate surface area is 106 Å². The second-order valence-electron chi connectivity index (χ2n) is 3.37. The maximum absolute atomic E-state index is 11.9. The van der Waals surface area contributed by atoms with E-state index in [0.29, 0.717) is 0 Å². The first-order chi connectivity index (χ1) is 8.93. The highest BCUT2D eigenvalue weighted by atomic mass is 19.3. The average Bonchev–Trinajstić information content (AvgIpc) is 2.36. The molecule has 0 bridgehead atoms. The van der Waals surface area contributed by atoms with Gasteiger partial charge in [-0.1, -0.05) is 0 Å². The first kappa shape index (κ1) is 14.6. The molecule has 19 heavy (non-hydrogen) atoms. The van der Waals surface area contributed by atoms with Crippen LogP contribution in [-0.2, 0) is 0 Å². The average molecular weight is 275 g/mol. The number of nitro groups is 1. The SMILES string of the molecule is COc1ccc(NC(=O)NCC(F)F)cc1[N+](=O)[O-]. The van der Waals surface area contributed by atoms with Crippen LogP contribution in [0.5, 0.6) is 5.75 Å². The molecule has 7 nitrogen and oxygen atoms in total. The summed E-state index contributed by atoms with van der Waals surface area (Å²) in [6.07, 6.45) is -2.67. The van der Waals surface area contributed by atoms with E-state index in [1.807, 2.05) is 5.32 Å². The summed E-state index contributed by atoms with van der Waals surface area (Å²) in [5.41, 5.74) is -0.242. The van der Waals surface area contributed by atoms with Gasteiger partial charge in [0, 0.05) is 11.8 Å². The standard InChI is InChI=1S/C10H11F2N3O4/c1-19-8-3-2-6(4-7(8)15(17)18)14-10(16)13-5-9(11)12/h2-4,9H,5H2,1H3,(H2,13,14,16). The van der Waals surface area contributed by atoms with Crippen LogP contribution in [-0.4, -0.2) is 31.0 Å². The van der Waals surface area contributed by atoms with E-state index in [1.165, 1.54) is 19.2 Å². The molecule has 0 saturated heterocycles. The zero-order valence-corrected chi connectivity index (χ0v) is 9.85. The second-order valence-corrected chi connectivity index (χ2v) is 3.37. The number of alkyl halides is 2. The Hall–Kier alpha value is -2.45. The molecular weight excluding hydrogens is 264 g/mol. The number of halogens is 2. The summed E-state index contributed by atoms with van der Waals surface area (Å²) in [6, 6.07) is 2.84. The summed E-state index contributed by atoms with van der Waals surface area (Å²) in [7, 11) is 1.27. The Bertz CT molecular complexity index is 482. The number of carbonyl (C=O) groups excluding carboxylic acids is 1. The molecule has 0 atom stereocenters. The zero-order valence-electron chi connectivity index (χ0n) is 9.85. The Kier molecular flexibility index (Phi) is 4.98. The summed E-state index contributed by atoms with van der Waals surface area (Å²) in [5, 5.41) is 14.8. The lowest BCUT2D eigenvalue weighted by Gasteiger charge is -2.08. The minimum Gasteiger partial charge on any atom is -0.490 e. The second kappa shape index (κ2) is 6.47. The number of rotatable bonds is 5. The number of nitrogens with zero attached hydrogens (tertiary/aromatic N) is 1. The van der Waals surface area contributed by atoms with Gasteiger partial charge in [-0.05, 0) is 12.1 Å². The first-order valence-electron chi connectivity index (χ1n) is 5.09. The van der Waals surface area contributed by atoms with Gasteiger partial charge in [0.25, 0.3) is 6.43 Å². The van der Waals surface area contributed by atoms with Crippen LogP contribution in [0.1, 0.15) is 0 Å². The van der Waals surface area contributed by atoms with Crippen LogP contribution in [0.15, 0.2) is 18.2 Å². The van der Waals surface area contributed by atoms with Crippen molar-refractivity contribution in [3.05, 3.63) is 28.3 Å². The van der Waals surface area contributed by atoms with E-state index in [1.54, 1.807) is 0 Å². The van der Waals surface area contributed by atoms with E-state index < -0.39 is 23.9 Å². The fourth-order valence-corrected chi connectivity index (χ4v) is 1.26. The normalized spacial score (nSPS) is 10.1. The van der Waals surface area contributed by atoms with Crippen LogP contribution >= 0.6 is 0 Å². The number of amides is 2. The molecule has 1 aromatic rings. The molecule has 0 saturated carbocycles. The molecular formula is C10H11F2N3O4. The minimum absolute atomic E-state index is 0.0311. The van der Waals surface area contributed by atoms with Crippen LogP contribution in [0.2, 0.25) is 0 Å². The number of ether oxygens (including phenoxy) is 1. The molecule has 0 unspecified atom stereocenters. The van der Waals surface area contributed by atoms with E-state index in [4.69, 9.17) is 4.74 Å². The van der Waals surface area contributed by atoms with E-state index in [0.717, 1.165) is 6.07 Å². The highest BCUT2D eigenvalue weighted by Gasteiger charge is 2.16. The number of nitro benzene ring substituents is 1. The fourth-order valence-electron chi connectivity index (χ4n) is 1.26. The number of carbonyl (C=O) groups is 1. The van der Waals surface area contributed by atoms with Gasteiger partial charge in [0.15, 0.2) is 5.75 Å². The molecule has 9 heteroatoms. The lowest BCUT2D eigenvalue weighted by Crippen LogP contribution is -2.32. The van der Waals surface area contributed by atoms with Crippen LogP contribution in [0.25, 0.3) is 0 Å². The number of hydrogen-bond donors (Lipinski definition) is 2. The summed E-state index contributed by atoms with van der Waals surface area (Å²) in [5.74, 6) is 0.0311. The van der Waals surface area contributed by atoms with Gasteiger partial charge in [0.05, 0.1) is 18.6 Å². The molecule has 0 heterocycles. The zero-order chi connectivity index (χ0) is 14.4. The largest absolute Gasteiger partial charge is 0.490 e. The van der Waals surface area contributed by atoms with Gasteiger partial charge in [-0.2, -0.15) is 0 Å². The van der Waals surface area contributed by atoms with Crippen molar-refractivity contribution in [1.82, 2.24) is 5.32 Å². The molecule has 0 radical (unpaired) electrons. The van der Waals surface area contributed by atoms with Gasteiger partial charge in [0.2, 0.25) is 0 Å². The number of benzene rings is 1. The lowest BCUT2D eigenvalue weighted by atomic mass is 10.2. The van der Waals surface area contributed by atoms with Crippen LogP contribution < -0.4 is 15.4 Å². The molecule has 2 N–H and O–H groups in total. The quantitative estimate of drug-likeness (QED) is 0.634. The number of anilines is 1. The Morgan fingerprint density at radius 1 is 1.53 bits per heavy atom. The Balaban J connectivity index is 2.77. The van der Waals surface area contributed by atoms with Crippen LogP contribution in [0, 0.1) is 10.1 Å². The van der Waals surface area contributed by atoms with Gasteiger partial charge in [-0.15, -0.1) is 0 Å². The number of nitrogens with one attached hydrogen (secondary N) is 2. The molecule has 2 amide bonds. The molecule has 1 aromatic carbocycles. The third-order valence-electron chi connectivity index (χ3n) is 2.05. The van der Waals surface area contributed by atoms with E-state index in [-0.39, 0.29) is 17.1 Å². The predicted octanol–water partition coefficient (Wildman–Crippen LogP) is 1.99. The van der Waals surface area contributed by atoms with Crippen molar-refractivity contribution >= 4 is 17.4 Å². The number of urea groups is 1. The molecule has 0 aromatic heterocycles. The minimum atomic E-state index is -2.67. The smallest absolute Gasteiger partial charge is 0.319 e. The monoisotopic (exact) mass is 275 g/mol. The summed E-state index contributed by atoms with van der Waals surface area (Å²) in [6.45, 7) is -0.802. The van der Waals surface area contributed by atoms with Gasteiger partial charge in [0.1, 0.15) is 0 Å². The van der Waals surface area contributed by atoms with E-state index in [2.05, 4.69) is 5.32 Å². The number of hydrogen-bond acceptors (Lipinski definition) is 4. The third kappa shape index (κ3) is 4.37. The van der Waals surface area contributed by atoms with Gasteiger partial charge < -0.3 is 15.4 Å². The van der Waals surface area contributed by atoms with Crippen molar-refractivity contribution in [1.29, 1.82) is 0 Å². The van der Waals surface area contributed by atoms with Crippen molar-refractivity contribution in [2.75, 3.05) is 19.0 Å². The maximum Gasteiger partial charge on any atom is 0.319 e. The molecule has 0 aliphatic carbocycles. The van der Waals surface area contributed by atoms with Gasteiger partial charge in [-0.25, -0.2) is 13.6 Å². The van der Waals surface area contributed by atoms with Crippen molar-refractivity contribution in [3.63, 3.8) is 0 Å². The van der Waals surface area contributed by atoms with Crippen molar-refractivity contribution in [2.45, 2.75) is 6.43 Å². The topological polar surface area (TPSA) is 93.5 Å². The Morgan fingerprint density at radius 2 is 2.21 bits per heavy atom. The van der Waals surface area contributed by atoms with Crippen LogP contribution in [0.3, 0.4) is 0 Å². The van der Waals surface area contributed by atoms with E-state index in [9.17, 15) is 23.7 Å². The molecule has 1 rings (SSSR count). The van der Waals surface area contributed by atoms with Gasteiger partial charge in [-0.3, -0.25) is 10.1 Å². The first-order valence-corrected chi connectivity index (χ1v) is 5.09. The lowest BCUT2D eigenvalue weighted by molar-refractivity contribution is -0.385. The fraction of sp³-hybridized carbons (Fsp3) is 0.300. The molecule has 0 fully saturated rings. The van der Waals surface area contributed by atoms with Crippen molar-refractivity contribution in [2.24, 2.45) is 0 Å². The van der Waals surface area contributed by atoms with Crippen molar-refractivity contribution < 1.29 is 23.2 Å². The molecule has 0 spiro atoms. The summed E-state index contributed by atoms with van der Waals surface area (Å²) >= 11 is 0. The van der Waals surface area contributed by atoms with Crippen LogP contribution in [0.4, 0.5) is 25.0 Å². The predicted molar refractivity (Wildman–Crippen MR) is 62.7 cm³/mol. The summed E-state index contributed by atoms with van der Waals surface area (Å²) < 4.78 is 28.5. The molecule has 0 aliphatic rings. The Morgan fingerprint density at radius 3 is 2.74 bits per heavy atom. The maximum atomic E-state index is 11.9. The van der Waals surface area contributed by atoms with Gasteiger partial charge >= 0.3 is 11.7 Å². The third-order valence-corrected chi connectivity index (χ3v) is 2.05. The molecule has 104 valence electrons. The van der Waals surface area contributed by atoms with Crippen molar-refractivity contribution in [3.8, 4) is 5.75 Å². The number of methoxy groups -OCH3 is 1. The summed E-state index contributed by atoms with van der Waals surface area (Å²) in [4.78, 5) is 21.2.